The number of hydrogen-bond donors (Lipinski definition) is 1. The lowest BCUT2D eigenvalue weighted by molar-refractivity contribution is 0.607. The van der Waals surface area contributed by atoms with Crippen molar-refractivity contribution in [2.45, 2.75) is 0 Å². The molecule has 1 N–H and O–H groups in total. The van der Waals surface area contributed by atoms with Gasteiger partial charge in [-0.1, -0.05) is 35.6 Å². The fourth-order valence-electron chi connectivity index (χ4n) is 1.75. The molecule has 0 aliphatic rings. The highest BCUT2D eigenvalue weighted by Gasteiger charge is 2.14. The molecule has 0 saturated heterocycles. The second-order valence-corrected chi connectivity index (χ2v) is 4.51. The molecular weight excluding hydrogens is 276 g/mol. The van der Waals surface area contributed by atoms with E-state index in [0.29, 0.717) is 16.3 Å². The zero-order chi connectivity index (χ0) is 14.1. The topological polar surface area (TPSA) is 77.1 Å². The number of aryl methyl sites for hydroxylation is 1. The third-order valence-electron chi connectivity index (χ3n) is 2.75. The quantitative estimate of drug-likeness (QED) is 0.696. The summed E-state index contributed by atoms with van der Waals surface area (Å²) in [5.74, 6) is 0. The van der Waals surface area contributed by atoms with E-state index in [1.54, 1.807) is 0 Å². The third kappa shape index (κ3) is 2.05. The van der Waals surface area contributed by atoms with Gasteiger partial charge in [0.25, 0.3) is 0 Å². The number of rotatable bonds is 2. The molecule has 1 aromatic carbocycles. The summed E-state index contributed by atoms with van der Waals surface area (Å²) in [5, 5.41) is 10.7. The Kier molecular flexibility index (Phi) is 2.99. The summed E-state index contributed by atoms with van der Waals surface area (Å²) in [4.78, 5) is 16.4. The summed E-state index contributed by atoms with van der Waals surface area (Å²) in [6, 6.07) is 9.47. The number of benzene rings is 1. The van der Waals surface area contributed by atoms with Crippen molar-refractivity contribution in [3.8, 4) is 0 Å². The number of thiocarbonyl (C=S) groups is 1. The van der Waals surface area contributed by atoms with Crippen molar-refractivity contribution < 1.29 is 0 Å². The molecule has 0 spiro atoms. The Bertz CT molecular complexity index is 838. The lowest BCUT2D eigenvalue weighted by Gasteiger charge is -2.05. The van der Waals surface area contributed by atoms with Crippen molar-refractivity contribution in [2.75, 3.05) is 5.32 Å². The summed E-state index contributed by atoms with van der Waals surface area (Å²) < 4.78 is 2.44. The number of hydrogen-bond acceptors (Lipinski definition) is 5. The molecule has 2 aromatic heterocycles. The van der Waals surface area contributed by atoms with Gasteiger partial charge in [-0.25, -0.2) is 14.2 Å². The fraction of sp³-hybridized carbons (Fsp3) is 0.0833. The van der Waals surface area contributed by atoms with Crippen LogP contribution in [-0.4, -0.2) is 29.4 Å². The van der Waals surface area contributed by atoms with Crippen molar-refractivity contribution in [1.29, 1.82) is 0 Å². The molecule has 3 rings (SSSR count). The smallest absolute Gasteiger partial charge is 0.345 e. The maximum atomic E-state index is 11.8. The lowest BCUT2D eigenvalue weighted by atomic mass is 10.3. The predicted octanol–water partition coefficient (Wildman–Crippen LogP) is 0.611. The molecular formula is C12H10N6OS. The second kappa shape index (κ2) is 4.82. The van der Waals surface area contributed by atoms with Gasteiger partial charge in [0.15, 0.2) is 5.65 Å². The molecule has 0 atom stereocenters. The maximum Gasteiger partial charge on any atom is 0.352 e. The summed E-state index contributed by atoms with van der Waals surface area (Å²) >= 11 is 5.30. The van der Waals surface area contributed by atoms with Crippen molar-refractivity contribution >= 4 is 28.5 Å². The van der Waals surface area contributed by atoms with Crippen LogP contribution in [0.25, 0.3) is 5.65 Å². The van der Waals surface area contributed by atoms with E-state index >= 15 is 0 Å². The summed E-state index contributed by atoms with van der Waals surface area (Å²) in [7, 11) is 1.52. The minimum absolute atomic E-state index is 0.323. The highest BCUT2D eigenvalue weighted by atomic mass is 32.1. The van der Waals surface area contributed by atoms with E-state index in [1.807, 2.05) is 30.3 Å². The molecule has 0 radical (unpaired) electrons. The molecule has 0 fully saturated rings. The van der Waals surface area contributed by atoms with E-state index in [-0.39, 0.29) is 5.69 Å². The number of anilines is 1. The highest BCUT2D eigenvalue weighted by molar-refractivity contribution is 7.81. The van der Waals surface area contributed by atoms with E-state index in [0.717, 1.165) is 10.4 Å². The zero-order valence-corrected chi connectivity index (χ0v) is 11.3. The lowest BCUT2D eigenvalue weighted by Crippen LogP contribution is -2.27. The number of para-hydroxylation sites is 1. The molecule has 0 aliphatic carbocycles. The number of aromatic nitrogens is 5. The van der Waals surface area contributed by atoms with Crippen molar-refractivity contribution in [2.24, 2.45) is 7.05 Å². The second-order valence-electron chi connectivity index (χ2n) is 4.10. The summed E-state index contributed by atoms with van der Waals surface area (Å²) in [5.41, 5.74) is 1.28. The molecule has 0 saturated carbocycles. The average Bonchev–Trinajstić information content (AvgIpc) is 2.89. The number of imidazole rings is 1. The predicted molar refractivity (Wildman–Crippen MR) is 77.8 cm³/mol. The van der Waals surface area contributed by atoms with E-state index in [1.165, 1.54) is 17.8 Å². The Labute approximate surface area is 118 Å². The minimum atomic E-state index is -0.323. The molecule has 8 heteroatoms. The molecule has 0 unspecified atom stereocenters. The van der Waals surface area contributed by atoms with E-state index in [2.05, 4.69) is 20.6 Å². The van der Waals surface area contributed by atoms with Gasteiger partial charge in [0.05, 0.1) is 0 Å². The van der Waals surface area contributed by atoms with Crippen LogP contribution in [0, 0.1) is 0 Å². The van der Waals surface area contributed by atoms with Gasteiger partial charge in [0.2, 0.25) is 0 Å². The Hall–Kier alpha value is -2.61. The van der Waals surface area contributed by atoms with Gasteiger partial charge in [0, 0.05) is 12.7 Å². The van der Waals surface area contributed by atoms with Crippen LogP contribution in [0.1, 0.15) is 5.69 Å². The van der Waals surface area contributed by atoms with Crippen LogP contribution in [0.2, 0.25) is 0 Å². The SMILES string of the molecule is Cn1nnc2c(C(=S)Nc3ccccc3)ncn2c1=O. The van der Waals surface area contributed by atoms with Crippen LogP contribution in [0.5, 0.6) is 0 Å². The van der Waals surface area contributed by atoms with Gasteiger partial charge in [-0.05, 0) is 12.1 Å². The third-order valence-corrected chi connectivity index (χ3v) is 3.04. The standard InChI is InChI=1S/C12H10N6OS/c1-17-12(19)18-7-13-9(10(18)15-16-17)11(20)14-8-5-3-2-4-6-8/h2-7H,1H3,(H,14,20). The first kappa shape index (κ1) is 12.4. The van der Waals surface area contributed by atoms with Crippen LogP contribution in [-0.2, 0) is 7.05 Å². The van der Waals surface area contributed by atoms with Gasteiger partial charge < -0.3 is 5.32 Å². The van der Waals surface area contributed by atoms with Crippen molar-refractivity contribution in [3.05, 3.63) is 52.8 Å². The number of nitrogens with zero attached hydrogens (tertiary/aromatic N) is 5. The van der Waals surface area contributed by atoms with Crippen LogP contribution >= 0.6 is 12.2 Å². The number of nitrogens with one attached hydrogen (secondary N) is 1. The molecule has 2 heterocycles. The molecule has 0 bridgehead atoms. The molecule has 100 valence electrons. The largest absolute Gasteiger partial charge is 0.352 e. The van der Waals surface area contributed by atoms with Gasteiger partial charge in [-0.2, -0.15) is 4.68 Å². The van der Waals surface area contributed by atoms with Crippen molar-refractivity contribution in [1.82, 2.24) is 24.4 Å². The van der Waals surface area contributed by atoms with Crippen LogP contribution in [0.4, 0.5) is 5.69 Å². The highest BCUT2D eigenvalue weighted by Crippen LogP contribution is 2.10. The van der Waals surface area contributed by atoms with E-state index < -0.39 is 0 Å². The molecule has 0 amide bonds. The van der Waals surface area contributed by atoms with Crippen LogP contribution in [0.15, 0.2) is 41.5 Å². The Morgan fingerprint density at radius 2 is 2.05 bits per heavy atom. The Morgan fingerprint density at radius 3 is 2.80 bits per heavy atom. The first-order chi connectivity index (χ1) is 9.66. The Balaban J connectivity index is 2.01. The normalized spacial score (nSPS) is 10.7. The van der Waals surface area contributed by atoms with Gasteiger partial charge >= 0.3 is 5.69 Å². The van der Waals surface area contributed by atoms with Crippen molar-refractivity contribution in [3.63, 3.8) is 0 Å². The van der Waals surface area contributed by atoms with Crippen LogP contribution < -0.4 is 11.0 Å². The summed E-state index contributed by atoms with van der Waals surface area (Å²) in [6.45, 7) is 0. The number of fused-ring (bicyclic) bond motifs is 1. The van der Waals surface area contributed by atoms with Gasteiger partial charge in [-0.3, -0.25) is 0 Å². The first-order valence-corrected chi connectivity index (χ1v) is 6.21. The monoisotopic (exact) mass is 286 g/mol. The van der Waals surface area contributed by atoms with Gasteiger partial charge in [-0.15, -0.1) is 5.10 Å². The first-order valence-electron chi connectivity index (χ1n) is 5.80. The van der Waals surface area contributed by atoms with E-state index in [4.69, 9.17) is 12.2 Å². The maximum absolute atomic E-state index is 11.8. The summed E-state index contributed by atoms with van der Waals surface area (Å²) in [6.07, 6.45) is 1.39. The molecule has 20 heavy (non-hydrogen) atoms. The molecule has 3 aromatic rings. The Morgan fingerprint density at radius 1 is 1.30 bits per heavy atom. The van der Waals surface area contributed by atoms with Gasteiger partial charge in [0.1, 0.15) is 17.0 Å². The molecule has 0 aliphatic heterocycles. The zero-order valence-electron chi connectivity index (χ0n) is 10.5. The van der Waals surface area contributed by atoms with E-state index in [9.17, 15) is 4.79 Å². The minimum Gasteiger partial charge on any atom is -0.345 e. The molecule has 7 nitrogen and oxygen atoms in total. The average molecular weight is 286 g/mol. The van der Waals surface area contributed by atoms with Crippen LogP contribution in [0.3, 0.4) is 0 Å². The fourth-order valence-corrected chi connectivity index (χ4v) is 2.01.